The van der Waals surface area contributed by atoms with E-state index >= 15 is 0 Å². The first-order chi connectivity index (χ1) is 15.5. The Labute approximate surface area is 188 Å². The van der Waals surface area contributed by atoms with Crippen LogP contribution in [0.25, 0.3) is 0 Å². The third-order valence-corrected chi connectivity index (χ3v) is 5.28. The zero-order chi connectivity index (χ0) is 23.1. The number of nitrogens with zero attached hydrogens (tertiary/aromatic N) is 2. The molecule has 1 aliphatic rings. The second-order valence-corrected chi connectivity index (χ2v) is 7.36. The Kier molecular flexibility index (Phi) is 7.70. The maximum Gasteiger partial charge on any atom is 0.411 e. The third kappa shape index (κ3) is 5.38. The lowest BCUT2D eigenvalue weighted by Crippen LogP contribution is -2.36. The number of hydrogen-bond acceptors (Lipinski definition) is 6. The van der Waals surface area contributed by atoms with Gasteiger partial charge in [0.2, 0.25) is 5.91 Å². The number of methoxy groups -OCH3 is 2. The number of carbonyl (C=O) groups excluding carboxylic acids is 2. The largest absolute Gasteiger partial charge is 0.493 e. The molecule has 3 rings (SSSR count). The quantitative estimate of drug-likeness (QED) is 0.657. The van der Waals surface area contributed by atoms with Crippen LogP contribution in [-0.4, -0.2) is 43.5 Å². The van der Waals surface area contributed by atoms with Crippen LogP contribution in [0.2, 0.25) is 0 Å². The van der Waals surface area contributed by atoms with Gasteiger partial charge in [0.05, 0.1) is 33.1 Å². The summed E-state index contributed by atoms with van der Waals surface area (Å²) < 4.78 is 15.7. The van der Waals surface area contributed by atoms with Gasteiger partial charge in [-0.3, -0.25) is 10.1 Å². The topological polar surface area (TPSA) is 89.5 Å². The van der Waals surface area contributed by atoms with E-state index < -0.39 is 6.09 Å². The average Bonchev–Trinajstić information content (AvgIpc) is 2.80. The fourth-order valence-corrected chi connectivity index (χ4v) is 3.64. The van der Waals surface area contributed by atoms with Crippen molar-refractivity contribution in [2.24, 2.45) is 11.0 Å². The molecule has 2 aromatic carbocycles. The van der Waals surface area contributed by atoms with Gasteiger partial charge in [0.1, 0.15) is 0 Å². The first kappa shape index (κ1) is 23.1. The summed E-state index contributed by atoms with van der Waals surface area (Å²) in [4.78, 5) is 24.5. The predicted octanol–water partition coefficient (Wildman–Crippen LogP) is 4.44. The molecule has 1 unspecified atom stereocenters. The van der Waals surface area contributed by atoms with Crippen LogP contribution in [0.1, 0.15) is 37.8 Å². The van der Waals surface area contributed by atoms with E-state index in [0.717, 1.165) is 23.3 Å². The number of benzene rings is 2. The molecule has 32 heavy (non-hydrogen) atoms. The van der Waals surface area contributed by atoms with Gasteiger partial charge >= 0.3 is 6.09 Å². The molecule has 170 valence electrons. The number of anilines is 1. The van der Waals surface area contributed by atoms with Crippen LogP contribution < -0.4 is 14.8 Å². The Balaban J connectivity index is 1.87. The van der Waals surface area contributed by atoms with E-state index in [9.17, 15) is 9.59 Å². The van der Waals surface area contributed by atoms with Gasteiger partial charge in [-0.2, -0.15) is 5.10 Å². The lowest BCUT2D eigenvalue weighted by atomic mass is 9.89. The predicted molar refractivity (Wildman–Crippen MR) is 122 cm³/mol. The molecule has 1 N–H and O–H groups in total. The van der Waals surface area contributed by atoms with Crippen molar-refractivity contribution in [3.8, 4) is 11.5 Å². The number of ether oxygens (including phenoxy) is 3. The molecule has 0 aromatic heterocycles. The van der Waals surface area contributed by atoms with Gasteiger partial charge in [-0.1, -0.05) is 19.1 Å². The molecule has 1 aliphatic heterocycles. The molecular weight excluding hydrogens is 410 g/mol. The van der Waals surface area contributed by atoms with Crippen LogP contribution >= 0.6 is 0 Å². The van der Waals surface area contributed by atoms with Gasteiger partial charge in [-0.25, -0.2) is 9.80 Å². The molecule has 0 fully saturated rings. The molecule has 1 heterocycles. The number of amides is 2. The highest BCUT2D eigenvalue weighted by Crippen LogP contribution is 2.31. The molecule has 8 nitrogen and oxygen atoms in total. The molecule has 0 bridgehead atoms. The van der Waals surface area contributed by atoms with Crippen LogP contribution in [0.3, 0.4) is 0 Å². The van der Waals surface area contributed by atoms with Gasteiger partial charge < -0.3 is 14.2 Å². The number of carbonyl (C=O) groups is 2. The SMILES string of the molecule is CCOC(=O)Nc1cccc(CN2N=C(c3ccc(OC)c(OC)c3)C(CC)CC2=O)c1. The fraction of sp³-hybridized carbons (Fsp3) is 0.375. The number of nitrogens with one attached hydrogen (secondary N) is 1. The fourth-order valence-electron chi connectivity index (χ4n) is 3.64. The molecule has 2 amide bonds. The second kappa shape index (κ2) is 10.7. The van der Waals surface area contributed by atoms with E-state index in [2.05, 4.69) is 12.2 Å². The standard InChI is InChI=1S/C24H29N3O5/c1-5-17-14-22(28)27(15-16-8-7-9-19(12-16)25-24(29)32-6-2)26-23(17)18-10-11-20(30-3)21(13-18)31-4/h7-13,17H,5-6,14-15H2,1-4H3,(H,25,29). The maximum absolute atomic E-state index is 12.8. The van der Waals surface area contributed by atoms with E-state index in [1.54, 1.807) is 27.2 Å². The summed E-state index contributed by atoms with van der Waals surface area (Å²) in [7, 11) is 3.19. The molecule has 0 spiro atoms. The highest BCUT2D eigenvalue weighted by Gasteiger charge is 2.29. The second-order valence-electron chi connectivity index (χ2n) is 7.36. The normalized spacial score (nSPS) is 15.8. The first-order valence-electron chi connectivity index (χ1n) is 10.6. The van der Waals surface area contributed by atoms with Gasteiger partial charge in [0.15, 0.2) is 11.5 Å². The van der Waals surface area contributed by atoms with Crippen LogP contribution in [0.4, 0.5) is 10.5 Å². The summed E-state index contributed by atoms with van der Waals surface area (Å²) in [5.74, 6) is 1.24. The Hall–Kier alpha value is -3.55. The molecule has 0 aliphatic carbocycles. The van der Waals surface area contributed by atoms with Crippen LogP contribution in [0.15, 0.2) is 47.6 Å². The minimum atomic E-state index is -0.516. The molecule has 2 aromatic rings. The lowest BCUT2D eigenvalue weighted by Gasteiger charge is -2.29. The monoisotopic (exact) mass is 439 g/mol. The highest BCUT2D eigenvalue weighted by atomic mass is 16.5. The summed E-state index contributed by atoms with van der Waals surface area (Å²) in [5, 5.41) is 8.89. The maximum atomic E-state index is 12.8. The van der Waals surface area contributed by atoms with Crippen molar-refractivity contribution in [1.82, 2.24) is 5.01 Å². The Morgan fingerprint density at radius 2 is 1.91 bits per heavy atom. The minimum Gasteiger partial charge on any atom is -0.493 e. The van der Waals surface area contributed by atoms with Gasteiger partial charge in [-0.05, 0) is 49.2 Å². The molecule has 1 atom stereocenters. The summed E-state index contributed by atoms with van der Waals surface area (Å²) in [6.45, 7) is 4.38. The van der Waals surface area contributed by atoms with E-state index in [-0.39, 0.29) is 11.8 Å². The average molecular weight is 440 g/mol. The summed E-state index contributed by atoms with van der Waals surface area (Å²) in [6, 6.07) is 12.9. The van der Waals surface area contributed by atoms with Gasteiger partial charge in [0, 0.05) is 23.6 Å². The van der Waals surface area contributed by atoms with Crippen molar-refractivity contribution in [1.29, 1.82) is 0 Å². The summed E-state index contributed by atoms with van der Waals surface area (Å²) >= 11 is 0. The van der Waals surface area contributed by atoms with Crippen molar-refractivity contribution in [2.45, 2.75) is 33.2 Å². The van der Waals surface area contributed by atoms with Crippen molar-refractivity contribution in [3.05, 3.63) is 53.6 Å². The smallest absolute Gasteiger partial charge is 0.411 e. The molecule has 0 saturated heterocycles. The van der Waals surface area contributed by atoms with Crippen LogP contribution in [0, 0.1) is 5.92 Å². The van der Waals surface area contributed by atoms with Crippen molar-refractivity contribution >= 4 is 23.4 Å². The zero-order valence-electron chi connectivity index (χ0n) is 18.9. The molecular formula is C24H29N3O5. The van der Waals surface area contributed by atoms with E-state index in [4.69, 9.17) is 19.3 Å². The van der Waals surface area contributed by atoms with Crippen molar-refractivity contribution in [3.63, 3.8) is 0 Å². The lowest BCUT2D eigenvalue weighted by molar-refractivity contribution is -0.133. The van der Waals surface area contributed by atoms with Crippen LogP contribution in [0.5, 0.6) is 11.5 Å². The first-order valence-corrected chi connectivity index (χ1v) is 10.6. The minimum absolute atomic E-state index is 0.0219. The van der Waals surface area contributed by atoms with E-state index in [0.29, 0.717) is 36.8 Å². The number of hydrazone groups is 1. The highest BCUT2D eigenvalue weighted by molar-refractivity contribution is 6.06. The number of hydrogen-bond donors (Lipinski definition) is 1. The summed E-state index contributed by atoms with van der Waals surface area (Å²) in [6.07, 6.45) is 0.661. The zero-order valence-corrected chi connectivity index (χ0v) is 18.9. The van der Waals surface area contributed by atoms with Crippen LogP contribution in [-0.2, 0) is 16.1 Å². The van der Waals surface area contributed by atoms with E-state index in [1.165, 1.54) is 5.01 Å². The Morgan fingerprint density at radius 3 is 2.59 bits per heavy atom. The Morgan fingerprint density at radius 1 is 1.12 bits per heavy atom. The molecule has 8 heteroatoms. The van der Waals surface area contributed by atoms with Gasteiger partial charge in [-0.15, -0.1) is 0 Å². The Bertz CT molecular complexity index is 1000. The van der Waals surface area contributed by atoms with Gasteiger partial charge in [0.25, 0.3) is 0 Å². The molecule has 0 saturated carbocycles. The molecule has 0 radical (unpaired) electrons. The van der Waals surface area contributed by atoms with E-state index in [1.807, 2.05) is 36.4 Å². The number of rotatable bonds is 8. The third-order valence-electron chi connectivity index (χ3n) is 5.28. The van der Waals surface area contributed by atoms with Crippen molar-refractivity contribution < 1.29 is 23.8 Å². The summed E-state index contributed by atoms with van der Waals surface area (Å²) in [5.41, 5.74) is 3.18. The van der Waals surface area contributed by atoms with Crippen molar-refractivity contribution in [2.75, 3.05) is 26.1 Å².